The fourth-order valence-electron chi connectivity index (χ4n) is 4.51. The zero-order chi connectivity index (χ0) is 32.6. The molecular weight excluding hydrogens is 574 g/mol. The molecule has 2 aromatic rings. The number of guanidine groups is 1. The number of aromatic amines is 1. The Kier molecular flexibility index (Phi) is 14.6. The van der Waals surface area contributed by atoms with Crippen molar-refractivity contribution in [3.63, 3.8) is 0 Å². The number of para-hydroxylation sites is 1. The molecule has 4 unspecified atom stereocenters. The van der Waals surface area contributed by atoms with E-state index in [1.165, 1.54) is 0 Å². The molecule has 0 saturated heterocycles. The van der Waals surface area contributed by atoms with Crippen molar-refractivity contribution >= 4 is 46.5 Å². The van der Waals surface area contributed by atoms with Crippen LogP contribution in [0.15, 0.2) is 35.5 Å². The molecule has 0 saturated carbocycles. The van der Waals surface area contributed by atoms with Crippen LogP contribution in [0.1, 0.15) is 50.5 Å². The molecule has 16 heteroatoms. The van der Waals surface area contributed by atoms with Crippen molar-refractivity contribution in [1.29, 1.82) is 0 Å². The SMILES string of the molecule is NCCCCC(NC(=O)C(N)Cc1c[nH]c2ccccc12)C(=O)NC(CCC(=O)O)C(=O)NC(CCCN=C(N)N)C(=O)O. The number of aliphatic imine (C=N–C) groups is 1. The highest BCUT2D eigenvalue weighted by Crippen LogP contribution is 2.19. The summed E-state index contributed by atoms with van der Waals surface area (Å²) in [6.07, 6.45) is 2.55. The van der Waals surface area contributed by atoms with Crippen molar-refractivity contribution in [2.45, 2.75) is 75.5 Å². The number of rotatable bonds is 20. The molecule has 1 aromatic carbocycles. The maximum absolute atomic E-state index is 13.4. The average molecular weight is 618 g/mol. The second kappa shape index (κ2) is 18.1. The first-order chi connectivity index (χ1) is 20.9. The Balaban J connectivity index is 2.13. The lowest BCUT2D eigenvalue weighted by Gasteiger charge is -2.25. The van der Waals surface area contributed by atoms with Gasteiger partial charge in [-0.15, -0.1) is 0 Å². The van der Waals surface area contributed by atoms with Gasteiger partial charge in [0.25, 0.3) is 0 Å². The largest absolute Gasteiger partial charge is 0.481 e. The van der Waals surface area contributed by atoms with Gasteiger partial charge in [0.2, 0.25) is 17.7 Å². The number of carbonyl (C=O) groups is 5. The predicted molar refractivity (Wildman–Crippen MR) is 163 cm³/mol. The fourth-order valence-corrected chi connectivity index (χ4v) is 4.51. The molecule has 4 atom stereocenters. The van der Waals surface area contributed by atoms with Crippen LogP contribution in [-0.4, -0.2) is 88.1 Å². The number of carboxylic acids is 2. The van der Waals surface area contributed by atoms with Crippen molar-refractivity contribution in [2.24, 2.45) is 27.9 Å². The van der Waals surface area contributed by atoms with Crippen LogP contribution in [0.4, 0.5) is 0 Å². The fraction of sp³-hybridized carbons (Fsp3) is 0.500. The van der Waals surface area contributed by atoms with E-state index >= 15 is 0 Å². The standard InChI is InChI=1S/C28H43N9O7/c29-12-4-3-8-20(35-24(40)18(30)14-16-15-34-19-7-2-1-6-17(16)19)25(41)36-21(10-11-23(38)39)26(42)37-22(27(43)44)9-5-13-33-28(31)32/h1-2,6-7,15,18,20-22,34H,3-5,8-14,29-30H2,(H,35,40)(H,36,41)(H,37,42)(H,38,39)(H,43,44)(H4,31,32,33). The number of H-pyrrole nitrogens is 1. The molecule has 16 nitrogen and oxygen atoms in total. The number of amides is 3. The summed E-state index contributed by atoms with van der Waals surface area (Å²) in [6.45, 7) is 0.486. The minimum atomic E-state index is -1.40. The van der Waals surface area contributed by atoms with Crippen LogP contribution in [-0.2, 0) is 30.4 Å². The molecule has 2 rings (SSSR count). The molecule has 242 valence electrons. The van der Waals surface area contributed by atoms with E-state index in [2.05, 4.69) is 25.9 Å². The van der Waals surface area contributed by atoms with Gasteiger partial charge < -0.3 is 54.1 Å². The van der Waals surface area contributed by atoms with Crippen molar-refractivity contribution < 1.29 is 34.2 Å². The Labute approximate surface area is 254 Å². The molecular formula is C28H43N9O7. The van der Waals surface area contributed by atoms with Gasteiger partial charge in [0.1, 0.15) is 18.1 Å². The Morgan fingerprint density at radius 2 is 1.45 bits per heavy atom. The third-order valence-corrected chi connectivity index (χ3v) is 6.87. The maximum Gasteiger partial charge on any atom is 0.326 e. The summed E-state index contributed by atoms with van der Waals surface area (Å²) >= 11 is 0. The second-order valence-electron chi connectivity index (χ2n) is 10.4. The number of hydrogen-bond donors (Lipinski definition) is 10. The van der Waals surface area contributed by atoms with Gasteiger partial charge in [0.15, 0.2) is 5.96 Å². The van der Waals surface area contributed by atoms with Crippen molar-refractivity contribution in [3.05, 3.63) is 36.0 Å². The molecule has 14 N–H and O–H groups in total. The normalized spacial score (nSPS) is 13.7. The molecule has 0 bridgehead atoms. The topological polar surface area (TPSA) is 294 Å². The first kappa shape index (κ1) is 35.5. The minimum absolute atomic E-state index is 0.0243. The molecule has 0 aliphatic carbocycles. The third-order valence-electron chi connectivity index (χ3n) is 6.87. The summed E-state index contributed by atoms with van der Waals surface area (Å²) in [4.78, 5) is 69.4. The average Bonchev–Trinajstić information content (AvgIpc) is 3.38. The lowest BCUT2D eigenvalue weighted by Crippen LogP contribution is -2.57. The molecule has 0 aliphatic rings. The van der Waals surface area contributed by atoms with E-state index in [1.54, 1.807) is 6.20 Å². The van der Waals surface area contributed by atoms with E-state index in [0.717, 1.165) is 16.5 Å². The zero-order valence-corrected chi connectivity index (χ0v) is 24.5. The Morgan fingerprint density at radius 1 is 0.841 bits per heavy atom. The Hall–Kier alpha value is -4.70. The highest BCUT2D eigenvalue weighted by molar-refractivity contribution is 5.94. The van der Waals surface area contributed by atoms with Crippen molar-refractivity contribution in [2.75, 3.05) is 13.1 Å². The third kappa shape index (κ3) is 11.9. The first-order valence-electron chi connectivity index (χ1n) is 14.3. The summed E-state index contributed by atoms with van der Waals surface area (Å²) in [5, 5.41) is 27.1. The molecule has 1 aromatic heterocycles. The van der Waals surface area contributed by atoms with Gasteiger partial charge in [-0.2, -0.15) is 0 Å². The number of nitrogens with zero attached hydrogens (tertiary/aromatic N) is 1. The number of carboxylic acid groups (broad SMARTS) is 2. The van der Waals surface area contributed by atoms with Crippen LogP contribution in [0.25, 0.3) is 10.9 Å². The van der Waals surface area contributed by atoms with Crippen molar-refractivity contribution in [1.82, 2.24) is 20.9 Å². The van der Waals surface area contributed by atoms with Crippen LogP contribution in [0.2, 0.25) is 0 Å². The van der Waals surface area contributed by atoms with E-state index in [9.17, 15) is 34.2 Å². The number of aromatic nitrogens is 1. The maximum atomic E-state index is 13.4. The van der Waals surface area contributed by atoms with Gasteiger partial charge in [-0.1, -0.05) is 18.2 Å². The molecule has 0 aliphatic heterocycles. The van der Waals surface area contributed by atoms with Crippen molar-refractivity contribution in [3.8, 4) is 0 Å². The number of unbranched alkanes of at least 4 members (excludes halogenated alkanes) is 1. The van der Waals surface area contributed by atoms with Gasteiger partial charge in [-0.3, -0.25) is 24.2 Å². The molecule has 0 radical (unpaired) electrons. The predicted octanol–water partition coefficient (Wildman–Crippen LogP) is -1.38. The van der Waals surface area contributed by atoms with E-state index in [0.29, 0.717) is 19.4 Å². The van der Waals surface area contributed by atoms with Crippen LogP contribution >= 0.6 is 0 Å². The number of aliphatic carboxylic acids is 2. The van der Waals surface area contributed by atoms with E-state index in [1.807, 2.05) is 24.3 Å². The summed E-state index contributed by atoms with van der Waals surface area (Å²) in [5.41, 5.74) is 24.0. The lowest BCUT2D eigenvalue weighted by atomic mass is 10.0. The van der Waals surface area contributed by atoms with Crippen LogP contribution in [0.5, 0.6) is 0 Å². The molecule has 44 heavy (non-hydrogen) atoms. The van der Waals surface area contributed by atoms with Gasteiger partial charge in [0, 0.05) is 30.1 Å². The number of nitrogens with one attached hydrogen (secondary N) is 4. The van der Waals surface area contributed by atoms with Crippen LogP contribution < -0.4 is 38.9 Å². The quantitative estimate of drug-likeness (QED) is 0.0469. The second-order valence-corrected chi connectivity index (χ2v) is 10.4. The number of hydrogen-bond acceptors (Lipinski definition) is 8. The Bertz CT molecular complexity index is 1310. The molecule has 0 spiro atoms. The Morgan fingerprint density at radius 3 is 2.09 bits per heavy atom. The number of carbonyl (C=O) groups excluding carboxylic acids is 3. The van der Waals surface area contributed by atoms with Gasteiger partial charge in [-0.05, 0) is 63.1 Å². The molecule has 1 heterocycles. The van der Waals surface area contributed by atoms with Gasteiger partial charge >= 0.3 is 11.9 Å². The number of benzene rings is 1. The van der Waals surface area contributed by atoms with Crippen LogP contribution in [0, 0.1) is 0 Å². The summed E-state index contributed by atoms with van der Waals surface area (Å²) in [5.74, 6) is -4.95. The zero-order valence-electron chi connectivity index (χ0n) is 24.5. The number of nitrogens with two attached hydrogens (primary N) is 4. The van der Waals surface area contributed by atoms with Gasteiger partial charge in [0.05, 0.1) is 6.04 Å². The summed E-state index contributed by atoms with van der Waals surface area (Å²) in [7, 11) is 0. The summed E-state index contributed by atoms with van der Waals surface area (Å²) in [6, 6.07) is 2.68. The number of fused-ring (bicyclic) bond motifs is 1. The highest BCUT2D eigenvalue weighted by atomic mass is 16.4. The first-order valence-corrected chi connectivity index (χ1v) is 14.3. The molecule has 0 fully saturated rings. The van der Waals surface area contributed by atoms with E-state index < -0.39 is 60.2 Å². The minimum Gasteiger partial charge on any atom is -0.481 e. The van der Waals surface area contributed by atoms with Gasteiger partial charge in [-0.25, -0.2) is 4.79 Å². The smallest absolute Gasteiger partial charge is 0.326 e. The van der Waals surface area contributed by atoms with E-state index in [4.69, 9.17) is 22.9 Å². The highest BCUT2D eigenvalue weighted by Gasteiger charge is 2.30. The monoisotopic (exact) mass is 617 g/mol. The van der Waals surface area contributed by atoms with Crippen LogP contribution in [0.3, 0.4) is 0 Å². The van der Waals surface area contributed by atoms with E-state index in [-0.39, 0.29) is 44.6 Å². The summed E-state index contributed by atoms with van der Waals surface area (Å²) < 4.78 is 0. The lowest BCUT2D eigenvalue weighted by molar-refractivity contribution is -0.143. The molecule has 3 amide bonds.